The van der Waals surface area contributed by atoms with E-state index in [9.17, 15) is 9.59 Å². The molecule has 140 valence electrons. The van der Waals surface area contributed by atoms with E-state index >= 15 is 0 Å². The molecule has 0 radical (unpaired) electrons. The van der Waals surface area contributed by atoms with Crippen LogP contribution in [0, 0.1) is 0 Å². The van der Waals surface area contributed by atoms with Crippen molar-refractivity contribution in [2.75, 3.05) is 6.54 Å². The summed E-state index contributed by atoms with van der Waals surface area (Å²) in [6.07, 6.45) is 0.882. The summed E-state index contributed by atoms with van der Waals surface area (Å²) < 4.78 is 1.87. The zero-order chi connectivity index (χ0) is 19.2. The van der Waals surface area contributed by atoms with Gasteiger partial charge in [-0.3, -0.25) is 9.59 Å². The van der Waals surface area contributed by atoms with E-state index in [4.69, 9.17) is 0 Å². The van der Waals surface area contributed by atoms with Gasteiger partial charge in [0.25, 0.3) is 5.91 Å². The maximum atomic E-state index is 12.5. The summed E-state index contributed by atoms with van der Waals surface area (Å²) in [6, 6.07) is 16.4. The number of carbonyl (C=O) groups excluding carboxylic acids is 2. The Bertz CT molecular complexity index is 934. The van der Waals surface area contributed by atoms with Crippen molar-refractivity contribution < 1.29 is 9.59 Å². The van der Waals surface area contributed by atoms with Crippen LogP contribution in [0.5, 0.6) is 0 Å². The number of imidazole rings is 1. The molecule has 1 heterocycles. The van der Waals surface area contributed by atoms with Gasteiger partial charge in [-0.05, 0) is 37.6 Å². The molecule has 0 bridgehead atoms. The largest absolute Gasteiger partial charge is 0.355 e. The third-order valence-electron chi connectivity index (χ3n) is 4.33. The van der Waals surface area contributed by atoms with Gasteiger partial charge >= 0.3 is 0 Å². The summed E-state index contributed by atoms with van der Waals surface area (Å²) in [7, 11) is 0. The van der Waals surface area contributed by atoms with Crippen molar-refractivity contribution in [1.82, 2.24) is 20.2 Å². The number of rotatable bonds is 7. The summed E-state index contributed by atoms with van der Waals surface area (Å²) in [4.78, 5) is 29.4. The van der Waals surface area contributed by atoms with Crippen LogP contribution in [0.1, 0.15) is 42.5 Å². The minimum Gasteiger partial charge on any atom is -0.355 e. The van der Waals surface area contributed by atoms with Crippen LogP contribution in [-0.2, 0) is 11.3 Å². The maximum absolute atomic E-state index is 12.5. The van der Waals surface area contributed by atoms with Gasteiger partial charge in [-0.2, -0.15) is 0 Å². The normalized spacial score (nSPS) is 11.9. The number of benzene rings is 2. The molecule has 0 saturated heterocycles. The van der Waals surface area contributed by atoms with Crippen molar-refractivity contribution in [3.63, 3.8) is 0 Å². The second kappa shape index (κ2) is 8.49. The summed E-state index contributed by atoms with van der Waals surface area (Å²) in [6.45, 7) is 4.70. The summed E-state index contributed by atoms with van der Waals surface area (Å²) >= 11 is 0. The molecule has 0 aliphatic heterocycles. The van der Waals surface area contributed by atoms with Crippen LogP contribution in [0.15, 0.2) is 54.6 Å². The summed E-state index contributed by atoms with van der Waals surface area (Å²) in [5, 5.41) is 5.87. The van der Waals surface area contributed by atoms with Crippen LogP contribution >= 0.6 is 0 Å². The monoisotopic (exact) mass is 364 g/mol. The molecule has 2 N–H and O–H groups in total. The molecule has 3 aromatic rings. The lowest BCUT2D eigenvalue weighted by atomic mass is 10.2. The van der Waals surface area contributed by atoms with Crippen LogP contribution in [0.25, 0.3) is 11.0 Å². The van der Waals surface area contributed by atoms with Gasteiger partial charge in [0.2, 0.25) is 5.91 Å². The average Bonchev–Trinajstić information content (AvgIpc) is 3.05. The van der Waals surface area contributed by atoms with Gasteiger partial charge in [0.05, 0.1) is 17.1 Å². The van der Waals surface area contributed by atoms with E-state index in [0.29, 0.717) is 17.9 Å². The van der Waals surface area contributed by atoms with Gasteiger partial charge in [0, 0.05) is 12.1 Å². The molecular formula is C21H24N4O2. The van der Waals surface area contributed by atoms with E-state index in [0.717, 1.165) is 17.5 Å². The van der Waals surface area contributed by atoms with Crippen molar-refractivity contribution >= 4 is 22.8 Å². The molecule has 2 amide bonds. The number of aromatic nitrogens is 2. The third kappa shape index (κ3) is 4.34. The lowest BCUT2D eigenvalue weighted by Gasteiger charge is -2.16. The van der Waals surface area contributed by atoms with Crippen molar-refractivity contribution in [3.05, 3.63) is 66.0 Å². The minimum absolute atomic E-state index is 0.0668. The number of fused-ring (bicyclic) bond motifs is 1. The highest BCUT2D eigenvalue weighted by atomic mass is 16.2. The number of hydrogen-bond donors (Lipinski definition) is 2. The number of nitrogens with one attached hydrogen (secondary N) is 2. The zero-order valence-corrected chi connectivity index (χ0v) is 15.6. The molecule has 27 heavy (non-hydrogen) atoms. The number of nitrogens with zero attached hydrogens (tertiary/aromatic N) is 2. The topological polar surface area (TPSA) is 76.0 Å². The Hall–Kier alpha value is -3.15. The molecule has 0 saturated carbocycles. The maximum Gasteiger partial charge on any atom is 0.251 e. The van der Waals surface area contributed by atoms with E-state index in [1.807, 2.05) is 60.9 Å². The standard InChI is InChI=1S/C21H24N4O2/c1-3-13-22-19(26)14-25-18-12-8-7-11-17(18)24-20(25)15(2)23-21(27)16-9-5-4-6-10-16/h4-12,15H,3,13-14H2,1-2H3,(H,22,26)(H,23,27). The molecule has 1 unspecified atom stereocenters. The van der Waals surface area contributed by atoms with E-state index < -0.39 is 0 Å². The first kappa shape index (κ1) is 18.6. The fourth-order valence-corrected chi connectivity index (χ4v) is 2.99. The van der Waals surface area contributed by atoms with Gasteiger partial charge in [-0.1, -0.05) is 37.3 Å². The number of carbonyl (C=O) groups is 2. The minimum atomic E-state index is -0.343. The van der Waals surface area contributed by atoms with Crippen LogP contribution in [-0.4, -0.2) is 27.9 Å². The predicted molar refractivity (Wildman–Crippen MR) is 105 cm³/mol. The van der Waals surface area contributed by atoms with Crippen LogP contribution in [0.4, 0.5) is 0 Å². The Kier molecular flexibility index (Phi) is 5.86. The summed E-state index contributed by atoms with van der Waals surface area (Å²) in [5.41, 5.74) is 2.27. The second-order valence-electron chi connectivity index (χ2n) is 6.46. The van der Waals surface area contributed by atoms with Crippen molar-refractivity contribution in [1.29, 1.82) is 0 Å². The lowest BCUT2D eigenvalue weighted by molar-refractivity contribution is -0.121. The van der Waals surface area contributed by atoms with Gasteiger partial charge < -0.3 is 15.2 Å². The SMILES string of the molecule is CCCNC(=O)Cn1c(C(C)NC(=O)c2ccccc2)nc2ccccc21. The molecule has 0 aliphatic rings. The van der Waals surface area contributed by atoms with Crippen LogP contribution in [0.3, 0.4) is 0 Å². The van der Waals surface area contributed by atoms with Crippen molar-refractivity contribution in [2.45, 2.75) is 32.9 Å². The Morgan fingerprint density at radius 1 is 1.07 bits per heavy atom. The molecule has 2 aromatic carbocycles. The summed E-state index contributed by atoms with van der Waals surface area (Å²) in [5.74, 6) is 0.423. The van der Waals surface area contributed by atoms with Crippen molar-refractivity contribution in [2.24, 2.45) is 0 Å². The fraction of sp³-hybridized carbons (Fsp3) is 0.286. The highest BCUT2D eigenvalue weighted by Crippen LogP contribution is 2.21. The quantitative estimate of drug-likeness (QED) is 0.676. The first-order chi connectivity index (χ1) is 13.1. The molecule has 0 aliphatic carbocycles. The molecule has 1 atom stereocenters. The molecular weight excluding hydrogens is 340 g/mol. The van der Waals surface area contributed by atoms with E-state index in [2.05, 4.69) is 15.6 Å². The van der Waals surface area contributed by atoms with Crippen LogP contribution < -0.4 is 10.6 Å². The average molecular weight is 364 g/mol. The smallest absolute Gasteiger partial charge is 0.251 e. The third-order valence-corrected chi connectivity index (χ3v) is 4.33. The number of hydrogen-bond acceptors (Lipinski definition) is 3. The van der Waals surface area contributed by atoms with E-state index in [1.54, 1.807) is 12.1 Å². The highest BCUT2D eigenvalue weighted by molar-refractivity contribution is 5.94. The Morgan fingerprint density at radius 3 is 2.52 bits per heavy atom. The second-order valence-corrected chi connectivity index (χ2v) is 6.46. The number of amides is 2. The van der Waals surface area contributed by atoms with Crippen molar-refractivity contribution in [3.8, 4) is 0 Å². The molecule has 0 fully saturated rings. The first-order valence-electron chi connectivity index (χ1n) is 9.18. The molecule has 1 aromatic heterocycles. The Labute approximate surface area is 158 Å². The van der Waals surface area contributed by atoms with Gasteiger partial charge in [0.15, 0.2) is 0 Å². The van der Waals surface area contributed by atoms with Gasteiger partial charge in [-0.25, -0.2) is 4.98 Å². The zero-order valence-electron chi connectivity index (χ0n) is 15.6. The Balaban J connectivity index is 1.87. The Morgan fingerprint density at radius 2 is 1.78 bits per heavy atom. The van der Waals surface area contributed by atoms with E-state index in [-0.39, 0.29) is 24.4 Å². The molecule has 6 nitrogen and oxygen atoms in total. The van der Waals surface area contributed by atoms with E-state index in [1.165, 1.54) is 0 Å². The fourth-order valence-electron chi connectivity index (χ4n) is 2.99. The first-order valence-corrected chi connectivity index (χ1v) is 9.18. The van der Waals surface area contributed by atoms with Crippen LogP contribution in [0.2, 0.25) is 0 Å². The number of para-hydroxylation sites is 2. The van der Waals surface area contributed by atoms with Gasteiger partial charge in [-0.15, -0.1) is 0 Å². The molecule has 6 heteroatoms. The molecule has 3 rings (SSSR count). The highest BCUT2D eigenvalue weighted by Gasteiger charge is 2.20. The predicted octanol–water partition coefficient (Wildman–Crippen LogP) is 3.05. The van der Waals surface area contributed by atoms with Gasteiger partial charge in [0.1, 0.15) is 12.4 Å². The molecule has 0 spiro atoms. The lowest BCUT2D eigenvalue weighted by Crippen LogP contribution is -2.32.